The van der Waals surface area contributed by atoms with Gasteiger partial charge in [0.1, 0.15) is 5.69 Å². The van der Waals surface area contributed by atoms with Gasteiger partial charge in [-0.05, 0) is 6.92 Å². The van der Waals surface area contributed by atoms with Crippen molar-refractivity contribution in [3.63, 3.8) is 0 Å². The van der Waals surface area contributed by atoms with E-state index in [4.69, 9.17) is 0 Å². The van der Waals surface area contributed by atoms with Gasteiger partial charge in [-0.15, -0.1) is 22.7 Å². The summed E-state index contributed by atoms with van der Waals surface area (Å²) in [6.07, 6.45) is 0.772. The lowest BCUT2D eigenvalue weighted by atomic mass is 10.4. The Balaban J connectivity index is 1.78. The van der Waals surface area contributed by atoms with Gasteiger partial charge in [-0.3, -0.25) is 4.79 Å². The van der Waals surface area contributed by atoms with E-state index in [1.54, 1.807) is 22.2 Å². The van der Waals surface area contributed by atoms with Crippen LogP contribution >= 0.6 is 22.7 Å². The van der Waals surface area contributed by atoms with Gasteiger partial charge in [0.05, 0.1) is 10.5 Å². The predicted octanol–water partition coefficient (Wildman–Crippen LogP) is 1.88. The highest BCUT2D eigenvalue weighted by Gasteiger charge is 2.06. The lowest BCUT2D eigenvalue weighted by molar-refractivity contribution is 0.0950. The van der Waals surface area contributed by atoms with Crippen LogP contribution in [0.2, 0.25) is 0 Å². The molecular weight excluding hydrogens is 242 g/mol. The lowest BCUT2D eigenvalue weighted by Crippen LogP contribution is -2.25. The van der Waals surface area contributed by atoms with Gasteiger partial charge in [-0.2, -0.15) is 0 Å². The Morgan fingerprint density at radius 3 is 3.00 bits per heavy atom. The summed E-state index contributed by atoms with van der Waals surface area (Å²) in [7, 11) is 0. The fourth-order valence-corrected chi connectivity index (χ4v) is 2.52. The zero-order chi connectivity index (χ0) is 11.4. The Labute approximate surface area is 101 Å². The zero-order valence-corrected chi connectivity index (χ0v) is 10.4. The molecule has 0 atom stereocenters. The van der Waals surface area contributed by atoms with Crippen LogP contribution in [-0.2, 0) is 6.42 Å². The van der Waals surface area contributed by atoms with Crippen molar-refractivity contribution in [3.8, 4) is 0 Å². The summed E-state index contributed by atoms with van der Waals surface area (Å²) in [4.78, 5) is 19.8. The van der Waals surface area contributed by atoms with Crippen LogP contribution in [0.3, 0.4) is 0 Å². The van der Waals surface area contributed by atoms with Gasteiger partial charge >= 0.3 is 0 Å². The highest BCUT2D eigenvalue weighted by molar-refractivity contribution is 7.09. The lowest BCUT2D eigenvalue weighted by Gasteiger charge is -2.00. The van der Waals surface area contributed by atoms with E-state index in [0.29, 0.717) is 12.2 Å². The fraction of sp³-hybridized carbons (Fsp3) is 0.300. The largest absolute Gasteiger partial charge is 0.350 e. The Kier molecular flexibility index (Phi) is 3.63. The van der Waals surface area contributed by atoms with E-state index in [2.05, 4.69) is 15.3 Å². The average Bonchev–Trinajstić information content (AvgIpc) is 2.89. The molecule has 2 aromatic rings. The summed E-state index contributed by atoms with van der Waals surface area (Å²) < 4.78 is 0. The molecule has 1 amide bonds. The quantitative estimate of drug-likeness (QED) is 0.905. The Hall–Kier alpha value is -1.27. The van der Waals surface area contributed by atoms with Crippen molar-refractivity contribution in [1.82, 2.24) is 15.3 Å². The van der Waals surface area contributed by atoms with Crippen molar-refractivity contribution in [3.05, 3.63) is 32.7 Å². The molecule has 84 valence electrons. The normalized spacial score (nSPS) is 10.3. The minimum atomic E-state index is -0.116. The number of carbonyl (C=O) groups is 1. The molecule has 0 aliphatic rings. The minimum absolute atomic E-state index is 0.116. The smallest absolute Gasteiger partial charge is 0.270 e. The number of hydrogen-bond acceptors (Lipinski definition) is 5. The summed E-state index contributed by atoms with van der Waals surface area (Å²) in [6, 6.07) is 0. The number of carbonyl (C=O) groups excluding carboxylic acids is 1. The molecule has 2 rings (SSSR count). The van der Waals surface area contributed by atoms with Gasteiger partial charge in [-0.25, -0.2) is 9.97 Å². The van der Waals surface area contributed by atoms with E-state index in [1.165, 1.54) is 11.3 Å². The maximum absolute atomic E-state index is 11.5. The molecule has 2 heterocycles. The van der Waals surface area contributed by atoms with Gasteiger partial charge in [0.25, 0.3) is 5.91 Å². The number of aryl methyl sites for hydroxylation is 1. The zero-order valence-electron chi connectivity index (χ0n) is 8.77. The molecule has 0 bridgehead atoms. The number of nitrogens with zero attached hydrogens (tertiary/aromatic N) is 2. The molecule has 0 radical (unpaired) electrons. The SMILES string of the molecule is Cc1csc(CCNC(=O)c2cscn2)n1. The number of nitrogens with one attached hydrogen (secondary N) is 1. The van der Waals surface area contributed by atoms with Crippen LogP contribution in [0.25, 0.3) is 0 Å². The molecule has 4 nitrogen and oxygen atoms in total. The van der Waals surface area contributed by atoms with Crippen molar-refractivity contribution < 1.29 is 4.79 Å². The highest BCUT2D eigenvalue weighted by Crippen LogP contribution is 2.08. The highest BCUT2D eigenvalue weighted by atomic mass is 32.1. The first kappa shape index (κ1) is 11.2. The van der Waals surface area contributed by atoms with Crippen LogP contribution in [0.1, 0.15) is 21.2 Å². The second-order valence-electron chi connectivity index (χ2n) is 3.26. The van der Waals surface area contributed by atoms with Crippen molar-refractivity contribution >= 4 is 28.6 Å². The van der Waals surface area contributed by atoms with E-state index in [0.717, 1.165) is 17.1 Å². The molecule has 0 unspecified atom stereocenters. The molecule has 0 aliphatic carbocycles. The van der Waals surface area contributed by atoms with Gasteiger partial charge in [-0.1, -0.05) is 0 Å². The molecule has 2 aromatic heterocycles. The molecule has 0 fully saturated rings. The average molecular weight is 253 g/mol. The first-order chi connectivity index (χ1) is 7.75. The molecule has 1 N–H and O–H groups in total. The summed E-state index contributed by atoms with van der Waals surface area (Å²) in [5.74, 6) is -0.116. The molecule has 0 saturated carbocycles. The van der Waals surface area contributed by atoms with Gasteiger partial charge in [0.2, 0.25) is 0 Å². The maximum Gasteiger partial charge on any atom is 0.270 e. The van der Waals surface area contributed by atoms with Crippen LogP contribution in [-0.4, -0.2) is 22.4 Å². The molecule has 0 aromatic carbocycles. The van der Waals surface area contributed by atoms with Crippen molar-refractivity contribution in [2.45, 2.75) is 13.3 Å². The van der Waals surface area contributed by atoms with Gasteiger partial charge in [0.15, 0.2) is 0 Å². The number of rotatable bonds is 4. The number of aromatic nitrogens is 2. The second-order valence-corrected chi connectivity index (χ2v) is 4.92. The molecule has 0 aliphatic heterocycles. The molecule has 0 saturated heterocycles. The topological polar surface area (TPSA) is 54.9 Å². The second kappa shape index (κ2) is 5.18. The van der Waals surface area contributed by atoms with E-state index in [-0.39, 0.29) is 5.91 Å². The van der Waals surface area contributed by atoms with Crippen LogP contribution in [0.5, 0.6) is 0 Å². The number of hydrogen-bond donors (Lipinski definition) is 1. The van der Waals surface area contributed by atoms with E-state index in [1.807, 2.05) is 12.3 Å². The van der Waals surface area contributed by atoms with Crippen LogP contribution < -0.4 is 5.32 Å². The summed E-state index contributed by atoms with van der Waals surface area (Å²) >= 11 is 3.04. The monoisotopic (exact) mass is 253 g/mol. The minimum Gasteiger partial charge on any atom is -0.350 e. The molecule has 6 heteroatoms. The molecule has 0 spiro atoms. The molecular formula is C10H11N3OS2. The van der Waals surface area contributed by atoms with Crippen LogP contribution in [0.15, 0.2) is 16.3 Å². The summed E-state index contributed by atoms with van der Waals surface area (Å²) in [5, 5.41) is 7.62. The first-order valence-electron chi connectivity index (χ1n) is 4.83. The third kappa shape index (κ3) is 2.86. The maximum atomic E-state index is 11.5. The Bertz CT molecular complexity index is 464. The van der Waals surface area contributed by atoms with E-state index in [9.17, 15) is 4.79 Å². The number of thiazole rings is 2. The third-order valence-electron chi connectivity index (χ3n) is 1.96. The first-order valence-corrected chi connectivity index (χ1v) is 6.65. The van der Waals surface area contributed by atoms with Gasteiger partial charge < -0.3 is 5.32 Å². The Morgan fingerprint density at radius 1 is 1.50 bits per heavy atom. The van der Waals surface area contributed by atoms with Crippen molar-refractivity contribution in [2.24, 2.45) is 0 Å². The Morgan fingerprint density at radius 2 is 2.38 bits per heavy atom. The predicted molar refractivity (Wildman–Crippen MR) is 65.0 cm³/mol. The van der Waals surface area contributed by atoms with Crippen molar-refractivity contribution in [2.75, 3.05) is 6.54 Å². The third-order valence-corrected chi connectivity index (χ3v) is 3.57. The summed E-state index contributed by atoms with van der Waals surface area (Å²) in [5.41, 5.74) is 3.17. The van der Waals surface area contributed by atoms with Gasteiger partial charge in [0, 0.05) is 29.4 Å². The fourth-order valence-electron chi connectivity index (χ4n) is 1.22. The van der Waals surface area contributed by atoms with E-state index >= 15 is 0 Å². The standard InChI is InChI=1S/C10H11N3OS2/c1-7-4-16-9(13-7)2-3-11-10(14)8-5-15-6-12-8/h4-6H,2-3H2,1H3,(H,11,14). The van der Waals surface area contributed by atoms with Crippen LogP contribution in [0.4, 0.5) is 0 Å². The van der Waals surface area contributed by atoms with Crippen molar-refractivity contribution in [1.29, 1.82) is 0 Å². The van der Waals surface area contributed by atoms with E-state index < -0.39 is 0 Å². The number of amides is 1. The summed E-state index contributed by atoms with van der Waals surface area (Å²) in [6.45, 7) is 2.57. The van der Waals surface area contributed by atoms with Crippen LogP contribution in [0, 0.1) is 6.92 Å². The molecule has 16 heavy (non-hydrogen) atoms.